The number of aryl methyl sites for hydroxylation is 1. The molecule has 0 atom stereocenters. The molecule has 2 nitrogen and oxygen atoms in total. The van der Waals surface area contributed by atoms with E-state index in [0.717, 1.165) is 22.4 Å². The number of methoxy groups -OCH3 is 1. The molecular weight excluding hydrogens is 232 g/mol. The van der Waals surface area contributed by atoms with E-state index in [9.17, 15) is 4.79 Å². The summed E-state index contributed by atoms with van der Waals surface area (Å²) in [4.78, 5) is 12.0. The molecule has 3 heteroatoms. The molecular formula is C14H20O2S. The normalized spacial score (nSPS) is 10.7. The Morgan fingerprint density at radius 3 is 2.53 bits per heavy atom. The summed E-state index contributed by atoms with van der Waals surface area (Å²) in [6, 6.07) is 3.91. The second kappa shape index (κ2) is 6.10. The summed E-state index contributed by atoms with van der Waals surface area (Å²) >= 11 is 4.10. The summed E-state index contributed by atoms with van der Waals surface area (Å²) in [5.74, 6) is 1.94. The predicted molar refractivity (Wildman–Crippen MR) is 74.6 cm³/mol. The SMILES string of the molecule is COc1cc(C)c(C(=O)CCS)cc1C(C)C. The van der Waals surface area contributed by atoms with Crippen LogP contribution in [-0.2, 0) is 0 Å². The molecule has 0 N–H and O–H groups in total. The first kappa shape index (κ1) is 14.1. The average Bonchev–Trinajstić information content (AvgIpc) is 2.28. The first-order chi connectivity index (χ1) is 8.01. The van der Waals surface area contributed by atoms with E-state index >= 15 is 0 Å². The lowest BCUT2D eigenvalue weighted by Crippen LogP contribution is -2.05. The highest BCUT2D eigenvalue weighted by molar-refractivity contribution is 7.80. The molecule has 0 radical (unpaired) electrons. The Morgan fingerprint density at radius 1 is 1.41 bits per heavy atom. The van der Waals surface area contributed by atoms with Gasteiger partial charge < -0.3 is 4.74 Å². The summed E-state index contributed by atoms with van der Waals surface area (Å²) in [5.41, 5.74) is 2.85. The minimum absolute atomic E-state index is 0.155. The van der Waals surface area contributed by atoms with Gasteiger partial charge in [0.1, 0.15) is 5.75 Å². The van der Waals surface area contributed by atoms with Gasteiger partial charge in [0, 0.05) is 12.0 Å². The second-order valence-corrected chi connectivity index (χ2v) is 4.91. The summed E-state index contributed by atoms with van der Waals surface area (Å²) in [7, 11) is 1.66. The van der Waals surface area contributed by atoms with E-state index in [4.69, 9.17) is 4.74 Å². The molecule has 0 aromatic heterocycles. The van der Waals surface area contributed by atoms with Crippen molar-refractivity contribution in [3.8, 4) is 5.75 Å². The van der Waals surface area contributed by atoms with E-state index in [1.165, 1.54) is 0 Å². The maximum atomic E-state index is 12.0. The number of ether oxygens (including phenoxy) is 1. The molecule has 1 aromatic carbocycles. The topological polar surface area (TPSA) is 26.3 Å². The van der Waals surface area contributed by atoms with Gasteiger partial charge in [0.15, 0.2) is 5.78 Å². The summed E-state index contributed by atoms with van der Waals surface area (Å²) in [5, 5.41) is 0. The van der Waals surface area contributed by atoms with Crippen molar-refractivity contribution in [1.29, 1.82) is 0 Å². The summed E-state index contributed by atoms with van der Waals surface area (Å²) in [6.07, 6.45) is 0.480. The number of hydrogen-bond donors (Lipinski definition) is 1. The molecule has 17 heavy (non-hydrogen) atoms. The van der Waals surface area contributed by atoms with Gasteiger partial charge in [-0.05, 0) is 41.9 Å². The first-order valence-corrected chi connectivity index (χ1v) is 6.47. The van der Waals surface area contributed by atoms with Crippen molar-refractivity contribution in [3.05, 3.63) is 28.8 Å². The van der Waals surface area contributed by atoms with E-state index < -0.39 is 0 Å². The van der Waals surface area contributed by atoms with Gasteiger partial charge in [-0.25, -0.2) is 0 Å². The van der Waals surface area contributed by atoms with Gasteiger partial charge >= 0.3 is 0 Å². The van der Waals surface area contributed by atoms with Crippen LogP contribution in [0.3, 0.4) is 0 Å². The maximum Gasteiger partial charge on any atom is 0.163 e. The van der Waals surface area contributed by atoms with Crippen LogP contribution < -0.4 is 4.74 Å². The first-order valence-electron chi connectivity index (χ1n) is 5.83. The van der Waals surface area contributed by atoms with Crippen LogP contribution in [0.4, 0.5) is 0 Å². The molecule has 1 aromatic rings. The Morgan fingerprint density at radius 2 is 2.06 bits per heavy atom. The molecule has 0 saturated carbocycles. The van der Waals surface area contributed by atoms with Gasteiger partial charge in [-0.2, -0.15) is 12.6 Å². The van der Waals surface area contributed by atoms with Crippen LogP contribution in [-0.4, -0.2) is 18.6 Å². The van der Waals surface area contributed by atoms with Crippen molar-refractivity contribution >= 4 is 18.4 Å². The van der Waals surface area contributed by atoms with Crippen LogP contribution in [0.1, 0.15) is 47.7 Å². The van der Waals surface area contributed by atoms with E-state index in [2.05, 4.69) is 26.5 Å². The fourth-order valence-corrected chi connectivity index (χ4v) is 2.07. The van der Waals surface area contributed by atoms with Gasteiger partial charge in [0.2, 0.25) is 0 Å². The zero-order valence-corrected chi connectivity index (χ0v) is 11.8. The monoisotopic (exact) mass is 252 g/mol. The number of carbonyl (C=O) groups is 1. The highest BCUT2D eigenvalue weighted by Gasteiger charge is 2.15. The smallest absolute Gasteiger partial charge is 0.163 e. The zero-order chi connectivity index (χ0) is 13.0. The van der Waals surface area contributed by atoms with Crippen molar-refractivity contribution in [2.75, 3.05) is 12.9 Å². The third-order valence-electron chi connectivity index (χ3n) is 2.84. The molecule has 94 valence electrons. The summed E-state index contributed by atoms with van der Waals surface area (Å²) < 4.78 is 5.36. The molecule has 0 bridgehead atoms. The lowest BCUT2D eigenvalue weighted by atomic mass is 9.94. The number of Topliss-reactive ketones (excluding diaryl/α,β-unsaturated/α-hetero) is 1. The predicted octanol–water partition coefficient (Wildman–Crippen LogP) is 3.63. The maximum absolute atomic E-state index is 12.0. The van der Waals surface area contributed by atoms with Crippen molar-refractivity contribution < 1.29 is 9.53 Å². The number of ketones is 1. The molecule has 0 unspecified atom stereocenters. The highest BCUT2D eigenvalue weighted by Crippen LogP contribution is 2.30. The minimum atomic E-state index is 0.155. The van der Waals surface area contributed by atoms with E-state index in [0.29, 0.717) is 18.1 Å². The Labute approximate surface area is 109 Å². The lowest BCUT2D eigenvalue weighted by Gasteiger charge is -2.15. The van der Waals surface area contributed by atoms with Gasteiger partial charge in [0.05, 0.1) is 7.11 Å². The van der Waals surface area contributed by atoms with Crippen LogP contribution in [0.25, 0.3) is 0 Å². The molecule has 0 amide bonds. The highest BCUT2D eigenvalue weighted by atomic mass is 32.1. The van der Waals surface area contributed by atoms with Crippen LogP contribution in [0, 0.1) is 6.92 Å². The van der Waals surface area contributed by atoms with Crippen LogP contribution >= 0.6 is 12.6 Å². The Bertz CT molecular complexity index is 411. The Kier molecular flexibility index (Phi) is 5.06. The third-order valence-corrected chi connectivity index (χ3v) is 3.06. The fourth-order valence-electron chi connectivity index (χ4n) is 1.86. The molecule has 0 aliphatic rings. The van der Waals surface area contributed by atoms with Gasteiger partial charge in [-0.3, -0.25) is 4.79 Å². The second-order valence-electron chi connectivity index (χ2n) is 4.46. The average molecular weight is 252 g/mol. The molecule has 0 saturated heterocycles. The van der Waals surface area contributed by atoms with Gasteiger partial charge in [0.25, 0.3) is 0 Å². The van der Waals surface area contributed by atoms with E-state index in [-0.39, 0.29) is 5.78 Å². The number of rotatable bonds is 5. The quantitative estimate of drug-likeness (QED) is 0.640. The minimum Gasteiger partial charge on any atom is -0.496 e. The Hall–Kier alpha value is -0.960. The summed E-state index contributed by atoms with van der Waals surface area (Å²) in [6.45, 7) is 6.14. The van der Waals surface area contributed by atoms with Crippen LogP contribution in [0.5, 0.6) is 5.75 Å². The largest absolute Gasteiger partial charge is 0.496 e. The zero-order valence-electron chi connectivity index (χ0n) is 10.9. The fraction of sp³-hybridized carbons (Fsp3) is 0.500. The number of hydrogen-bond acceptors (Lipinski definition) is 3. The van der Waals surface area contributed by atoms with Gasteiger partial charge in [-0.1, -0.05) is 13.8 Å². The van der Waals surface area contributed by atoms with Gasteiger partial charge in [-0.15, -0.1) is 0 Å². The number of thiol groups is 1. The van der Waals surface area contributed by atoms with Crippen LogP contribution in [0.15, 0.2) is 12.1 Å². The third kappa shape index (κ3) is 3.25. The molecule has 0 aliphatic carbocycles. The number of benzene rings is 1. The van der Waals surface area contributed by atoms with Crippen LogP contribution in [0.2, 0.25) is 0 Å². The lowest BCUT2D eigenvalue weighted by molar-refractivity contribution is 0.0989. The standard InChI is InChI=1S/C14H20O2S/c1-9(2)11-8-12(13(15)5-6-17)10(3)7-14(11)16-4/h7-9,17H,5-6H2,1-4H3. The van der Waals surface area contributed by atoms with Crippen molar-refractivity contribution in [2.24, 2.45) is 0 Å². The molecule has 1 rings (SSSR count). The van der Waals surface area contributed by atoms with Crippen molar-refractivity contribution in [2.45, 2.75) is 33.1 Å². The van der Waals surface area contributed by atoms with E-state index in [1.807, 2.05) is 19.1 Å². The number of carbonyl (C=O) groups excluding carboxylic acids is 1. The van der Waals surface area contributed by atoms with Crippen molar-refractivity contribution in [3.63, 3.8) is 0 Å². The molecule has 0 fully saturated rings. The van der Waals surface area contributed by atoms with E-state index in [1.54, 1.807) is 7.11 Å². The molecule has 0 heterocycles. The molecule has 0 aliphatic heterocycles. The molecule has 0 spiro atoms. The van der Waals surface area contributed by atoms with Crippen molar-refractivity contribution in [1.82, 2.24) is 0 Å². The Balaban J connectivity index is 3.24.